The van der Waals surface area contributed by atoms with Gasteiger partial charge in [-0.1, -0.05) is 43.0 Å². The van der Waals surface area contributed by atoms with Gasteiger partial charge >= 0.3 is 0 Å². The van der Waals surface area contributed by atoms with Crippen LogP contribution in [0.25, 0.3) is 0 Å². The average molecular weight is 289 g/mol. The van der Waals surface area contributed by atoms with Crippen LogP contribution in [0.2, 0.25) is 0 Å². The normalized spacial score (nSPS) is 12.1. The molecule has 0 aromatic heterocycles. The second-order valence-electron chi connectivity index (χ2n) is 4.32. The molecule has 0 aliphatic carbocycles. The number of hydrogen-bond donors (Lipinski definition) is 1. The van der Waals surface area contributed by atoms with E-state index in [9.17, 15) is 15.2 Å². The molecule has 1 atom stereocenters. The first kappa shape index (κ1) is 14.6. The highest BCUT2D eigenvalue weighted by Gasteiger charge is 2.13. The van der Waals surface area contributed by atoms with Gasteiger partial charge in [0.2, 0.25) is 0 Å². The minimum Gasteiger partial charge on any atom is -0.388 e. The lowest BCUT2D eigenvalue weighted by Gasteiger charge is -2.09. The van der Waals surface area contributed by atoms with Crippen LogP contribution in [0.15, 0.2) is 58.3 Å². The van der Waals surface area contributed by atoms with E-state index in [0.717, 1.165) is 10.5 Å². The van der Waals surface area contributed by atoms with Crippen LogP contribution in [0.4, 0.5) is 5.69 Å². The van der Waals surface area contributed by atoms with Gasteiger partial charge in [0, 0.05) is 11.0 Å². The van der Waals surface area contributed by atoms with Crippen molar-refractivity contribution in [2.75, 3.05) is 0 Å². The molecular weight excluding hydrogens is 274 g/mol. The number of rotatable bonds is 5. The minimum atomic E-state index is -0.458. The Balaban J connectivity index is 2.20. The zero-order valence-electron chi connectivity index (χ0n) is 11.0. The van der Waals surface area contributed by atoms with Crippen LogP contribution >= 0.6 is 11.8 Å². The molecule has 0 aliphatic rings. The van der Waals surface area contributed by atoms with Gasteiger partial charge in [-0.15, -0.1) is 0 Å². The number of nitro groups is 1. The predicted octanol–water partition coefficient (Wildman–Crippen LogP) is 4.19. The molecule has 0 unspecified atom stereocenters. The zero-order valence-corrected chi connectivity index (χ0v) is 11.8. The van der Waals surface area contributed by atoms with E-state index >= 15 is 0 Å². The highest BCUT2D eigenvalue weighted by atomic mass is 32.2. The van der Waals surface area contributed by atoms with Crippen LogP contribution in [0.3, 0.4) is 0 Å². The van der Waals surface area contributed by atoms with Crippen molar-refractivity contribution in [1.29, 1.82) is 0 Å². The molecule has 5 heteroatoms. The van der Waals surface area contributed by atoms with E-state index in [1.807, 2.05) is 31.2 Å². The number of aliphatic hydroxyl groups is 1. The molecule has 2 aromatic rings. The van der Waals surface area contributed by atoms with Crippen LogP contribution < -0.4 is 0 Å². The second-order valence-corrected chi connectivity index (χ2v) is 5.44. The molecule has 0 fully saturated rings. The van der Waals surface area contributed by atoms with Crippen LogP contribution in [0.5, 0.6) is 0 Å². The van der Waals surface area contributed by atoms with Gasteiger partial charge < -0.3 is 5.11 Å². The van der Waals surface area contributed by atoms with Crippen molar-refractivity contribution < 1.29 is 10.0 Å². The van der Waals surface area contributed by atoms with Crippen molar-refractivity contribution >= 4 is 17.4 Å². The summed E-state index contributed by atoms with van der Waals surface area (Å²) in [5, 5.41) is 20.7. The quantitative estimate of drug-likeness (QED) is 0.662. The maximum absolute atomic E-state index is 11.0. The molecule has 4 nitrogen and oxygen atoms in total. The number of nitro benzene ring substituents is 1. The number of hydrogen-bond acceptors (Lipinski definition) is 4. The lowest BCUT2D eigenvalue weighted by atomic mass is 10.1. The SMILES string of the molecule is CC[C@@H](O)c1ccc(Sc2ccccc2[N+](=O)[O-])cc1. The molecule has 0 saturated carbocycles. The summed E-state index contributed by atoms with van der Waals surface area (Å²) in [7, 11) is 0. The Morgan fingerprint density at radius 2 is 1.85 bits per heavy atom. The first-order valence-electron chi connectivity index (χ1n) is 6.31. The van der Waals surface area contributed by atoms with Crippen molar-refractivity contribution in [2.24, 2.45) is 0 Å². The molecule has 20 heavy (non-hydrogen) atoms. The second kappa shape index (κ2) is 6.54. The van der Waals surface area contributed by atoms with Crippen LogP contribution in [0.1, 0.15) is 25.0 Å². The molecule has 1 N–H and O–H groups in total. The van der Waals surface area contributed by atoms with Crippen molar-refractivity contribution in [1.82, 2.24) is 0 Å². The monoisotopic (exact) mass is 289 g/mol. The topological polar surface area (TPSA) is 63.4 Å². The van der Waals surface area contributed by atoms with E-state index < -0.39 is 6.10 Å². The number of benzene rings is 2. The Kier molecular flexibility index (Phi) is 4.76. The minimum absolute atomic E-state index is 0.107. The summed E-state index contributed by atoms with van der Waals surface area (Å²) in [6.45, 7) is 1.92. The average Bonchev–Trinajstić information content (AvgIpc) is 2.47. The molecule has 0 amide bonds. The van der Waals surface area contributed by atoms with Crippen molar-refractivity contribution in [3.63, 3.8) is 0 Å². The molecule has 0 bridgehead atoms. The molecule has 0 saturated heterocycles. The fourth-order valence-electron chi connectivity index (χ4n) is 1.81. The predicted molar refractivity (Wildman–Crippen MR) is 78.9 cm³/mol. The highest BCUT2D eigenvalue weighted by molar-refractivity contribution is 7.99. The van der Waals surface area contributed by atoms with E-state index in [0.29, 0.717) is 11.3 Å². The standard InChI is InChI=1S/C15H15NO3S/c1-2-14(17)11-7-9-12(10-8-11)20-15-6-4-3-5-13(15)16(18)19/h3-10,14,17H,2H2,1H3/t14-/m1/s1. The third kappa shape index (κ3) is 3.37. The van der Waals surface area contributed by atoms with Gasteiger partial charge in [-0.3, -0.25) is 10.1 Å². The van der Waals surface area contributed by atoms with Crippen LogP contribution in [0, 0.1) is 10.1 Å². The van der Waals surface area contributed by atoms with E-state index in [1.54, 1.807) is 18.2 Å². The molecular formula is C15H15NO3S. The molecule has 0 aliphatic heterocycles. The summed E-state index contributed by atoms with van der Waals surface area (Å²) in [5.74, 6) is 0. The van der Waals surface area contributed by atoms with Gasteiger partial charge in [0.15, 0.2) is 0 Å². The van der Waals surface area contributed by atoms with E-state index in [1.165, 1.54) is 17.8 Å². The molecule has 2 aromatic carbocycles. The Morgan fingerprint density at radius 3 is 2.45 bits per heavy atom. The van der Waals surface area contributed by atoms with E-state index in [4.69, 9.17) is 0 Å². The molecule has 0 spiro atoms. The Bertz CT molecular complexity index is 598. The van der Waals surface area contributed by atoms with Crippen molar-refractivity contribution in [3.8, 4) is 0 Å². The van der Waals surface area contributed by atoms with Crippen molar-refractivity contribution in [2.45, 2.75) is 29.2 Å². The molecule has 0 radical (unpaired) electrons. The highest BCUT2D eigenvalue weighted by Crippen LogP contribution is 2.34. The van der Waals surface area contributed by atoms with Gasteiger partial charge in [-0.05, 0) is 30.2 Å². The number of aliphatic hydroxyl groups excluding tert-OH is 1. The van der Waals surface area contributed by atoms with Crippen LogP contribution in [-0.2, 0) is 0 Å². The molecule has 104 valence electrons. The summed E-state index contributed by atoms with van der Waals surface area (Å²) in [6.07, 6.45) is 0.205. The van der Waals surface area contributed by atoms with Crippen LogP contribution in [-0.4, -0.2) is 10.0 Å². The molecule has 2 rings (SSSR count). The maximum Gasteiger partial charge on any atom is 0.283 e. The molecule has 0 heterocycles. The smallest absolute Gasteiger partial charge is 0.283 e. The third-order valence-corrected chi connectivity index (χ3v) is 4.01. The van der Waals surface area contributed by atoms with Gasteiger partial charge in [0.1, 0.15) is 0 Å². The summed E-state index contributed by atoms with van der Waals surface area (Å²) in [4.78, 5) is 12.1. The Morgan fingerprint density at radius 1 is 1.20 bits per heavy atom. The van der Waals surface area contributed by atoms with Crippen molar-refractivity contribution in [3.05, 3.63) is 64.2 Å². The Hall–Kier alpha value is -1.85. The third-order valence-electron chi connectivity index (χ3n) is 2.94. The van der Waals surface area contributed by atoms with E-state index in [-0.39, 0.29) is 10.6 Å². The zero-order chi connectivity index (χ0) is 14.5. The summed E-state index contributed by atoms with van der Waals surface area (Å²) < 4.78 is 0. The largest absolute Gasteiger partial charge is 0.388 e. The van der Waals surface area contributed by atoms with Gasteiger partial charge in [-0.2, -0.15) is 0 Å². The summed E-state index contributed by atoms with van der Waals surface area (Å²) in [6, 6.07) is 14.1. The summed E-state index contributed by atoms with van der Waals surface area (Å²) in [5.41, 5.74) is 0.967. The van der Waals surface area contributed by atoms with Gasteiger partial charge in [0.05, 0.1) is 15.9 Å². The van der Waals surface area contributed by atoms with Gasteiger partial charge in [-0.25, -0.2) is 0 Å². The lowest BCUT2D eigenvalue weighted by Crippen LogP contribution is -1.94. The first-order valence-corrected chi connectivity index (χ1v) is 7.12. The fraction of sp³-hybridized carbons (Fsp3) is 0.200. The van der Waals surface area contributed by atoms with Gasteiger partial charge in [0.25, 0.3) is 5.69 Å². The number of nitrogens with zero attached hydrogens (tertiary/aromatic N) is 1. The van der Waals surface area contributed by atoms with E-state index in [2.05, 4.69) is 0 Å². The number of para-hydroxylation sites is 1. The lowest BCUT2D eigenvalue weighted by molar-refractivity contribution is -0.387. The summed E-state index contributed by atoms with van der Waals surface area (Å²) >= 11 is 1.35. The Labute approximate surface area is 121 Å². The fourth-order valence-corrected chi connectivity index (χ4v) is 2.73. The maximum atomic E-state index is 11.0. The first-order chi connectivity index (χ1) is 9.61.